The third-order valence-corrected chi connectivity index (χ3v) is 2.82. The van der Waals surface area contributed by atoms with Crippen molar-refractivity contribution in [2.45, 2.75) is 19.9 Å². The van der Waals surface area contributed by atoms with E-state index in [0.29, 0.717) is 11.3 Å². The summed E-state index contributed by atoms with van der Waals surface area (Å²) in [6, 6.07) is 15.0. The molecule has 21 heavy (non-hydrogen) atoms. The minimum Gasteiger partial charge on any atom is -0.465 e. The molecule has 0 aliphatic heterocycles. The topological polar surface area (TPSA) is 47.6 Å². The van der Waals surface area contributed by atoms with Crippen molar-refractivity contribution < 1.29 is 14.3 Å². The molecule has 2 aromatic rings. The summed E-state index contributed by atoms with van der Waals surface area (Å²) in [5.74, 6) is 0.922. The largest absolute Gasteiger partial charge is 0.465 e. The second-order valence-corrected chi connectivity index (χ2v) is 4.91. The van der Waals surface area contributed by atoms with E-state index in [0.717, 1.165) is 11.4 Å². The van der Waals surface area contributed by atoms with E-state index >= 15 is 0 Å². The molecular formula is C17H19NO3. The van der Waals surface area contributed by atoms with Crippen LogP contribution in [0.15, 0.2) is 48.5 Å². The molecule has 0 aliphatic carbocycles. The molecule has 0 aromatic heterocycles. The van der Waals surface area contributed by atoms with Gasteiger partial charge in [-0.05, 0) is 44.2 Å². The fraction of sp³-hybridized carbons (Fsp3) is 0.235. The Labute approximate surface area is 124 Å². The lowest BCUT2D eigenvalue weighted by molar-refractivity contribution is 0.0601. The Balaban J connectivity index is 2.30. The van der Waals surface area contributed by atoms with Gasteiger partial charge in [-0.25, -0.2) is 4.79 Å². The summed E-state index contributed by atoms with van der Waals surface area (Å²) < 4.78 is 10.6. The molecule has 0 amide bonds. The molecule has 2 aromatic carbocycles. The molecule has 1 N–H and O–H groups in total. The van der Waals surface area contributed by atoms with E-state index in [1.54, 1.807) is 6.07 Å². The van der Waals surface area contributed by atoms with Gasteiger partial charge in [0.05, 0.1) is 12.7 Å². The molecule has 0 radical (unpaired) electrons. The number of anilines is 1. The number of methoxy groups -OCH3 is 1. The van der Waals surface area contributed by atoms with Crippen LogP contribution < -0.4 is 10.1 Å². The lowest BCUT2D eigenvalue weighted by Gasteiger charge is -2.15. The van der Waals surface area contributed by atoms with E-state index in [1.165, 1.54) is 7.11 Å². The normalized spacial score (nSPS) is 10.3. The molecule has 0 spiro atoms. The first-order chi connectivity index (χ1) is 10.1. The van der Waals surface area contributed by atoms with Crippen LogP contribution in [0.5, 0.6) is 11.5 Å². The number of hydrogen-bond acceptors (Lipinski definition) is 4. The number of rotatable bonds is 5. The lowest BCUT2D eigenvalue weighted by Crippen LogP contribution is -2.14. The molecule has 2 rings (SSSR count). The second kappa shape index (κ2) is 6.79. The zero-order valence-electron chi connectivity index (χ0n) is 12.4. The van der Waals surface area contributed by atoms with Gasteiger partial charge in [0.1, 0.15) is 11.5 Å². The lowest BCUT2D eigenvalue weighted by atomic mass is 10.1. The first kappa shape index (κ1) is 14.9. The highest BCUT2D eigenvalue weighted by atomic mass is 16.5. The summed E-state index contributed by atoms with van der Waals surface area (Å²) >= 11 is 0. The molecule has 0 saturated heterocycles. The highest BCUT2D eigenvalue weighted by molar-refractivity contribution is 5.96. The van der Waals surface area contributed by atoms with Gasteiger partial charge in [-0.3, -0.25) is 0 Å². The molecule has 0 saturated carbocycles. The van der Waals surface area contributed by atoms with Crippen molar-refractivity contribution in [3.8, 4) is 11.5 Å². The average Bonchev–Trinajstić information content (AvgIpc) is 2.48. The number of carbonyl (C=O) groups is 1. The van der Waals surface area contributed by atoms with E-state index in [-0.39, 0.29) is 6.04 Å². The first-order valence-electron chi connectivity index (χ1n) is 6.82. The van der Waals surface area contributed by atoms with Crippen molar-refractivity contribution in [1.82, 2.24) is 0 Å². The van der Waals surface area contributed by atoms with Crippen molar-refractivity contribution in [2.24, 2.45) is 0 Å². The third kappa shape index (κ3) is 3.99. The van der Waals surface area contributed by atoms with E-state index in [2.05, 4.69) is 5.32 Å². The van der Waals surface area contributed by atoms with Crippen molar-refractivity contribution in [2.75, 3.05) is 12.4 Å². The number of benzene rings is 2. The maximum Gasteiger partial charge on any atom is 0.340 e. The average molecular weight is 285 g/mol. The Bertz CT molecular complexity index is 609. The van der Waals surface area contributed by atoms with Gasteiger partial charge in [-0.2, -0.15) is 0 Å². The van der Waals surface area contributed by atoms with Gasteiger partial charge in [-0.1, -0.05) is 18.2 Å². The maximum atomic E-state index is 11.9. The maximum absolute atomic E-state index is 11.9. The summed E-state index contributed by atoms with van der Waals surface area (Å²) in [5, 5.41) is 3.22. The second-order valence-electron chi connectivity index (χ2n) is 4.91. The number of esters is 1. The van der Waals surface area contributed by atoms with Gasteiger partial charge < -0.3 is 14.8 Å². The standard InChI is InChI=1S/C17H19NO3/c1-12(2)18-16-10-9-14(11-15(16)17(19)20-3)21-13-7-5-4-6-8-13/h4-12,18H,1-3H3. The Morgan fingerprint density at radius 2 is 1.76 bits per heavy atom. The number of para-hydroxylation sites is 1. The van der Waals surface area contributed by atoms with Crippen molar-refractivity contribution in [3.05, 3.63) is 54.1 Å². The molecule has 0 atom stereocenters. The highest BCUT2D eigenvalue weighted by Crippen LogP contribution is 2.27. The minimum absolute atomic E-state index is 0.217. The summed E-state index contributed by atoms with van der Waals surface area (Å²) in [7, 11) is 1.37. The van der Waals surface area contributed by atoms with Crippen molar-refractivity contribution in [1.29, 1.82) is 0 Å². The predicted octanol–water partition coefficient (Wildman–Crippen LogP) is 4.09. The van der Waals surface area contributed by atoms with Crippen LogP contribution in [0, 0.1) is 0 Å². The number of carbonyl (C=O) groups excluding carboxylic acids is 1. The summed E-state index contributed by atoms with van der Waals surface area (Å²) in [5.41, 5.74) is 1.19. The Kier molecular flexibility index (Phi) is 4.82. The Morgan fingerprint density at radius 3 is 2.38 bits per heavy atom. The van der Waals surface area contributed by atoms with Gasteiger partial charge in [0.2, 0.25) is 0 Å². The molecule has 0 unspecified atom stereocenters. The highest BCUT2D eigenvalue weighted by Gasteiger charge is 2.14. The van der Waals surface area contributed by atoms with Gasteiger partial charge in [0.25, 0.3) is 0 Å². The summed E-state index contributed by atoms with van der Waals surface area (Å²) in [6.07, 6.45) is 0. The zero-order valence-corrected chi connectivity index (χ0v) is 12.4. The molecule has 0 heterocycles. The van der Waals surface area contributed by atoms with Crippen LogP contribution in [0.4, 0.5) is 5.69 Å². The summed E-state index contributed by atoms with van der Waals surface area (Å²) in [6.45, 7) is 4.02. The zero-order chi connectivity index (χ0) is 15.2. The quantitative estimate of drug-likeness (QED) is 0.841. The van der Waals surface area contributed by atoms with Crippen LogP contribution in [0.1, 0.15) is 24.2 Å². The SMILES string of the molecule is COC(=O)c1cc(Oc2ccccc2)ccc1NC(C)C. The van der Waals surface area contributed by atoms with Crippen LogP contribution >= 0.6 is 0 Å². The molecule has 0 fully saturated rings. The van der Waals surface area contributed by atoms with E-state index < -0.39 is 5.97 Å². The smallest absolute Gasteiger partial charge is 0.340 e. The third-order valence-electron chi connectivity index (χ3n) is 2.82. The van der Waals surface area contributed by atoms with Gasteiger partial charge >= 0.3 is 5.97 Å². The molecule has 0 aliphatic rings. The molecule has 110 valence electrons. The van der Waals surface area contributed by atoms with Crippen LogP contribution in [0.2, 0.25) is 0 Å². The number of ether oxygens (including phenoxy) is 2. The minimum atomic E-state index is -0.392. The molecule has 4 nitrogen and oxygen atoms in total. The molecule has 4 heteroatoms. The predicted molar refractivity (Wildman–Crippen MR) is 83.1 cm³/mol. The van der Waals surface area contributed by atoms with E-state index in [4.69, 9.17) is 9.47 Å². The first-order valence-corrected chi connectivity index (χ1v) is 6.82. The van der Waals surface area contributed by atoms with Crippen LogP contribution in [-0.2, 0) is 4.74 Å². The number of hydrogen-bond donors (Lipinski definition) is 1. The van der Waals surface area contributed by atoms with E-state index in [9.17, 15) is 4.79 Å². The van der Waals surface area contributed by atoms with Crippen LogP contribution in [-0.4, -0.2) is 19.1 Å². The Morgan fingerprint density at radius 1 is 1.05 bits per heavy atom. The fourth-order valence-electron chi connectivity index (χ4n) is 1.93. The van der Waals surface area contributed by atoms with Crippen molar-refractivity contribution >= 4 is 11.7 Å². The Hall–Kier alpha value is -2.49. The number of nitrogens with one attached hydrogen (secondary N) is 1. The fourth-order valence-corrected chi connectivity index (χ4v) is 1.93. The molecule has 0 bridgehead atoms. The van der Waals surface area contributed by atoms with Gasteiger partial charge in [0, 0.05) is 11.7 Å². The molecular weight excluding hydrogens is 266 g/mol. The monoisotopic (exact) mass is 285 g/mol. The van der Waals surface area contributed by atoms with Crippen LogP contribution in [0.3, 0.4) is 0 Å². The van der Waals surface area contributed by atoms with Gasteiger partial charge in [0.15, 0.2) is 0 Å². The summed E-state index contributed by atoms with van der Waals surface area (Å²) in [4.78, 5) is 11.9. The van der Waals surface area contributed by atoms with Crippen LogP contribution in [0.25, 0.3) is 0 Å². The van der Waals surface area contributed by atoms with Gasteiger partial charge in [-0.15, -0.1) is 0 Å². The van der Waals surface area contributed by atoms with Crippen molar-refractivity contribution in [3.63, 3.8) is 0 Å². The van der Waals surface area contributed by atoms with E-state index in [1.807, 2.05) is 56.3 Å².